The lowest BCUT2D eigenvalue weighted by Crippen LogP contribution is -2.31. The van der Waals surface area contributed by atoms with Gasteiger partial charge in [-0.2, -0.15) is 0 Å². The third-order valence-electron chi connectivity index (χ3n) is 2.28. The van der Waals surface area contributed by atoms with Crippen molar-refractivity contribution in [2.24, 2.45) is 0 Å². The smallest absolute Gasteiger partial charge is 0.315 e. The van der Waals surface area contributed by atoms with Gasteiger partial charge in [0.15, 0.2) is 0 Å². The SMILES string of the molecule is O=C1NCc2ccc([N+](=O)[O-])cc2CN1. The van der Waals surface area contributed by atoms with Crippen molar-refractivity contribution < 1.29 is 9.72 Å². The maximum atomic E-state index is 11.0. The van der Waals surface area contributed by atoms with E-state index in [1.165, 1.54) is 12.1 Å². The summed E-state index contributed by atoms with van der Waals surface area (Å²) in [5, 5.41) is 15.8. The van der Waals surface area contributed by atoms with Gasteiger partial charge in [-0.05, 0) is 11.1 Å². The van der Waals surface area contributed by atoms with Crippen LogP contribution in [-0.2, 0) is 13.1 Å². The Hall–Kier alpha value is -2.11. The van der Waals surface area contributed by atoms with Crippen molar-refractivity contribution in [2.75, 3.05) is 0 Å². The lowest BCUT2D eigenvalue weighted by atomic mass is 10.1. The Balaban J connectivity index is 2.36. The predicted molar refractivity (Wildman–Crippen MR) is 52.2 cm³/mol. The second kappa shape index (κ2) is 3.56. The molecule has 2 rings (SSSR count). The van der Waals surface area contributed by atoms with E-state index in [0.29, 0.717) is 13.1 Å². The van der Waals surface area contributed by atoms with Crippen molar-refractivity contribution in [3.8, 4) is 0 Å². The monoisotopic (exact) mass is 207 g/mol. The molecule has 6 nitrogen and oxygen atoms in total. The number of nitro benzene ring substituents is 1. The van der Waals surface area contributed by atoms with Crippen LogP contribution in [0.3, 0.4) is 0 Å². The van der Waals surface area contributed by atoms with Gasteiger partial charge in [0.25, 0.3) is 5.69 Å². The molecule has 1 heterocycles. The Morgan fingerprint density at radius 3 is 2.53 bits per heavy atom. The molecule has 0 atom stereocenters. The highest BCUT2D eigenvalue weighted by atomic mass is 16.6. The molecule has 78 valence electrons. The number of rotatable bonds is 1. The van der Waals surface area contributed by atoms with Crippen LogP contribution in [0.15, 0.2) is 18.2 Å². The minimum absolute atomic E-state index is 0.0462. The minimum Gasteiger partial charge on any atom is -0.334 e. The summed E-state index contributed by atoms with van der Waals surface area (Å²) in [6.07, 6.45) is 0. The summed E-state index contributed by atoms with van der Waals surface area (Å²) >= 11 is 0. The number of hydrogen-bond acceptors (Lipinski definition) is 3. The molecule has 0 saturated heterocycles. The summed E-state index contributed by atoms with van der Waals surface area (Å²) in [5.41, 5.74) is 1.73. The molecule has 2 N–H and O–H groups in total. The molecule has 6 heteroatoms. The highest BCUT2D eigenvalue weighted by Gasteiger charge is 2.14. The number of nitrogens with zero attached hydrogens (tertiary/aromatic N) is 1. The van der Waals surface area contributed by atoms with Crippen molar-refractivity contribution in [3.63, 3.8) is 0 Å². The maximum absolute atomic E-state index is 11.0. The number of carbonyl (C=O) groups is 1. The fourth-order valence-corrected chi connectivity index (χ4v) is 1.48. The maximum Gasteiger partial charge on any atom is 0.315 e. The van der Waals surface area contributed by atoms with E-state index >= 15 is 0 Å². The molecule has 2 amide bonds. The van der Waals surface area contributed by atoms with Gasteiger partial charge in [-0.3, -0.25) is 10.1 Å². The number of urea groups is 1. The molecule has 1 aliphatic rings. The number of nitrogens with one attached hydrogen (secondary N) is 2. The molecule has 15 heavy (non-hydrogen) atoms. The van der Waals surface area contributed by atoms with E-state index in [0.717, 1.165) is 11.1 Å². The van der Waals surface area contributed by atoms with Crippen molar-refractivity contribution >= 4 is 11.7 Å². The van der Waals surface area contributed by atoms with Crippen LogP contribution >= 0.6 is 0 Å². The fourth-order valence-electron chi connectivity index (χ4n) is 1.48. The topological polar surface area (TPSA) is 84.3 Å². The number of amides is 2. The van der Waals surface area contributed by atoms with Crippen LogP contribution in [0.2, 0.25) is 0 Å². The van der Waals surface area contributed by atoms with E-state index in [1.807, 2.05) is 0 Å². The first-order valence-electron chi connectivity index (χ1n) is 4.45. The Bertz CT molecular complexity index is 431. The minimum atomic E-state index is -0.444. The average molecular weight is 207 g/mol. The average Bonchev–Trinajstić information content (AvgIpc) is 2.40. The fraction of sp³-hybridized carbons (Fsp3) is 0.222. The molecule has 1 aliphatic heterocycles. The van der Waals surface area contributed by atoms with Gasteiger partial charge in [0.1, 0.15) is 0 Å². The van der Waals surface area contributed by atoms with Crippen LogP contribution < -0.4 is 10.6 Å². The summed E-state index contributed by atoms with van der Waals surface area (Å²) in [6.45, 7) is 0.724. The summed E-state index contributed by atoms with van der Waals surface area (Å²) in [6, 6.07) is 4.34. The Morgan fingerprint density at radius 2 is 1.87 bits per heavy atom. The molecule has 0 spiro atoms. The van der Waals surface area contributed by atoms with Gasteiger partial charge in [-0.15, -0.1) is 0 Å². The standard InChI is InChI=1S/C9H9N3O3/c13-9-10-4-6-1-2-8(12(14)15)3-7(6)5-11-9/h1-3H,4-5H2,(H2,10,11,13). The molecule has 0 aliphatic carbocycles. The van der Waals surface area contributed by atoms with Crippen LogP contribution in [-0.4, -0.2) is 11.0 Å². The second-order valence-electron chi connectivity index (χ2n) is 3.25. The zero-order valence-electron chi connectivity index (χ0n) is 7.82. The third-order valence-corrected chi connectivity index (χ3v) is 2.28. The molecule has 1 aromatic rings. The summed E-state index contributed by atoms with van der Waals surface area (Å²) in [5.74, 6) is 0. The van der Waals surface area contributed by atoms with Crippen molar-refractivity contribution in [1.29, 1.82) is 0 Å². The summed E-state index contributed by atoms with van der Waals surface area (Å²) in [7, 11) is 0. The number of non-ortho nitro benzene ring substituents is 1. The first-order valence-corrected chi connectivity index (χ1v) is 4.45. The highest BCUT2D eigenvalue weighted by molar-refractivity contribution is 5.74. The van der Waals surface area contributed by atoms with E-state index < -0.39 is 4.92 Å². The van der Waals surface area contributed by atoms with E-state index in [2.05, 4.69) is 10.6 Å². The summed E-state index contributed by atoms with van der Waals surface area (Å²) < 4.78 is 0. The number of hydrogen-bond donors (Lipinski definition) is 2. The van der Waals surface area contributed by atoms with Crippen LogP contribution in [0, 0.1) is 10.1 Å². The van der Waals surface area contributed by atoms with E-state index in [1.54, 1.807) is 6.07 Å². The molecular formula is C9H9N3O3. The van der Waals surface area contributed by atoms with E-state index in [9.17, 15) is 14.9 Å². The van der Waals surface area contributed by atoms with Gasteiger partial charge < -0.3 is 10.6 Å². The first-order chi connectivity index (χ1) is 7.16. The highest BCUT2D eigenvalue weighted by Crippen LogP contribution is 2.18. The number of benzene rings is 1. The van der Waals surface area contributed by atoms with Gasteiger partial charge in [0.05, 0.1) is 4.92 Å². The lowest BCUT2D eigenvalue weighted by Gasteiger charge is -2.03. The lowest BCUT2D eigenvalue weighted by molar-refractivity contribution is -0.384. The Kier molecular flexibility index (Phi) is 2.24. The molecule has 1 aromatic carbocycles. The van der Waals surface area contributed by atoms with Gasteiger partial charge in [0.2, 0.25) is 0 Å². The molecule has 0 unspecified atom stereocenters. The molecule has 0 bridgehead atoms. The van der Waals surface area contributed by atoms with Gasteiger partial charge in [-0.1, -0.05) is 6.07 Å². The largest absolute Gasteiger partial charge is 0.334 e. The third kappa shape index (κ3) is 1.88. The zero-order chi connectivity index (χ0) is 10.8. The normalized spacial score (nSPS) is 14.5. The number of fused-ring (bicyclic) bond motifs is 1. The zero-order valence-corrected chi connectivity index (χ0v) is 7.82. The number of carbonyl (C=O) groups excluding carboxylic acids is 1. The van der Waals surface area contributed by atoms with Crippen LogP contribution in [0.25, 0.3) is 0 Å². The van der Waals surface area contributed by atoms with Crippen molar-refractivity contribution in [3.05, 3.63) is 39.4 Å². The van der Waals surface area contributed by atoms with Crippen molar-refractivity contribution in [1.82, 2.24) is 10.6 Å². The number of nitro groups is 1. The van der Waals surface area contributed by atoms with E-state index in [-0.39, 0.29) is 11.7 Å². The molecule has 0 saturated carbocycles. The Morgan fingerprint density at radius 1 is 1.20 bits per heavy atom. The van der Waals surface area contributed by atoms with Crippen LogP contribution in [0.5, 0.6) is 0 Å². The molecule has 0 radical (unpaired) electrons. The van der Waals surface area contributed by atoms with Gasteiger partial charge >= 0.3 is 6.03 Å². The molecule has 0 aromatic heterocycles. The molecule has 0 fully saturated rings. The van der Waals surface area contributed by atoms with Crippen molar-refractivity contribution in [2.45, 2.75) is 13.1 Å². The quantitative estimate of drug-likeness (QED) is 0.530. The summed E-state index contributed by atoms with van der Waals surface area (Å²) in [4.78, 5) is 21.1. The van der Waals surface area contributed by atoms with E-state index in [4.69, 9.17) is 0 Å². The van der Waals surface area contributed by atoms with Gasteiger partial charge in [0, 0.05) is 25.2 Å². The predicted octanol–water partition coefficient (Wildman–Crippen LogP) is 0.908. The second-order valence-corrected chi connectivity index (χ2v) is 3.25. The first kappa shape index (κ1) is 9.45. The molecular weight excluding hydrogens is 198 g/mol. The van der Waals surface area contributed by atoms with Crippen LogP contribution in [0.4, 0.5) is 10.5 Å². The van der Waals surface area contributed by atoms with Crippen LogP contribution in [0.1, 0.15) is 11.1 Å². The van der Waals surface area contributed by atoms with Gasteiger partial charge in [-0.25, -0.2) is 4.79 Å². The Labute approximate surface area is 85.4 Å².